The maximum absolute atomic E-state index is 11.5. The van der Waals surface area contributed by atoms with E-state index in [0.29, 0.717) is 0 Å². The minimum Gasteiger partial charge on any atom is -0.321 e. The van der Waals surface area contributed by atoms with Crippen LogP contribution in [0.4, 0.5) is 5.69 Å². The Bertz CT molecular complexity index is 410. The molecule has 1 amide bonds. The number of anilines is 1. The van der Waals surface area contributed by atoms with Crippen LogP contribution in [0, 0.1) is 0 Å². The zero-order valence-electron chi connectivity index (χ0n) is 9.44. The minimum atomic E-state index is -0.111. The summed E-state index contributed by atoms with van der Waals surface area (Å²) >= 11 is 1.61. The van der Waals surface area contributed by atoms with Crippen molar-refractivity contribution in [2.75, 3.05) is 11.6 Å². The van der Waals surface area contributed by atoms with Crippen LogP contribution in [0.2, 0.25) is 0 Å². The van der Waals surface area contributed by atoms with Crippen LogP contribution in [0.5, 0.6) is 0 Å². The SMILES string of the molecule is C/C=C/C=C/C(=O)Nc1ccccc1SC. The van der Waals surface area contributed by atoms with E-state index in [9.17, 15) is 4.79 Å². The monoisotopic (exact) mass is 233 g/mol. The van der Waals surface area contributed by atoms with E-state index in [1.165, 1.54) is 6.08 Å². The molecule has 0 aliphatic heterocycles. The Morgan fingerprint density at radius 1 is 1.31 bits per heavy atom. The molecule has 1 aromatic carbocycles. The fourth-order valence-electron chi connectivity index (χ4n) is 1.18. The Morgan fingerprint density at radius 2 is 2.06 bits per heavy atom. The molecule has 0 unspecified atom stereocenters. The number of carbonyl (C=O) groups is 1. The molecule has 0 atom stereocenters. The summed E-state index contributed by atoms with van der Waals surface area (Å²) in [6.07, 6.45) is 8.91. The first-order valence-corrected chi connectivity index (χ1v) is 6.23. The molecule has 0 bridgehead atoms. The fourth-order valence-corrected chi connectivity index (χ4v) is 1.73. The fraction of sp³-hybridized carbons (Fsp3) is 0.154. The topological polar surface area (TPSA) is 29.1 Å². The van der Waals surface area contributed by atoms with E-state index >= 15 is 0 Å². The molecule has 0 aliphatic rings. The number of rotatable bonds is 4. The molecule has 3 heteroatoms. The van der Waals surface area contributed by atoms with Crippen LogP contribution in [0.3, 0.4) is 0 Å². The molecule has 0 aliphatic carbocycles. The summed E-state index contributed by atoms with van der Waals surface area (Å²) in [5.41, 5.74) is 0.852. The first-order chi connectivity index (χ1) is 7.77. The average molecular weight is 233 g/mol. The van der Waals surface area contributed by atoms with Crippen LogP contribution < -0.4 is 5.32 Å². The van der Waals surface area contributed by atoms with Crippen LogP contribution in [0.1, 0.15) is 6.92 Å². The minimum absolute atomic E-state index is 0.111. The molecule has 0 saturated carbocycles. The van der Waals surface area contributed by atoms with Crippen molar-refractivity contribution in [2.45, 2.75) is 11.8 Å². The van der Waals surface area contributed by atoms with Gasteiger partial charge in [0.15, 0.2) is 0 Å². The second-order valence-electron chi connectivity index (χ2n) is 3.07. The lowest BCUT2D eigenvalue weighted by atomic mass is 10.3. The highest BCUT2D eigenvalue weighted by Gasteiger charge is 2.01. The molecule has 0 aromatic heterocycles. The van der Waals surface area contributed by atoms with Gasteiger partial charge >= 0.3 is 0 Å². The summed E-state index contributed by atoms with van der Waals surface area (Å²) in [5, 5.41) is 2.84. The van der Waals surface area contributed by atoms with Crippen LogP contribution >= 0.6 is 11.8 Å². The Kier molecular flexibility index (Phi) is 5.43. The molecular weight excluding hydrogens is 218 g/mol. The third-order valence-electron chi connectivity index (χ3n) is 1.92. The molecule has 0 heterocycles. The van der Waals surface area contributed by atoms with E-state index < -0.39 is 0 Å². The highest BCUT2D eigenvalue weighted by Crippen LogP contribution is 2.24. The normalized spacial score (nSPS) is 11.1. The molecule has 84 valence electrons. The zero-order chi connectivity index (χ0) is 11.8. The maximum Gasteiger partial charge on any atom is 0.248 e. The Morgan fingerprint density at radius 3 is 2.75 bits per heavy atom. The van der Waals surface area contributed by atoms with Crippen LogP contribution in [0.15, 0.2) is 53.5 Å². The van der Waals surface area contributed by atoms with E-state index in [1.54, 1.807) is 17.8 Å². The lowest BCUT2D eigenvalue weighted by Gasteiger charge is -2.06. The van der Waals surface area contributed by atoms with Gasteiger partial charge in [-0.1, -0.05) is 30.4 Å². The van der Waals surface area contributed by atoms with Gasteiger partial charge in [0.2, 0.25) is 5.91 Å². The smallest absolute Gasteiger partial charge is 0.248 e. The van der Waals surface area contributed by atoms with Crippen molar-refractivity contribution in [3.8, 4) is 0 Å². The number of carbonyl (C=O) groups excluding carboxylic acids is 1. The number of para-hydroxylation sites is 1. The Balaban J connectivity index is 2.69. The number of hydrogen-bond donors (Lipinski definition) is 1. The van der Waals surface area contributed by atoms with E-state index in [0.717, 1.165) is 10.6 Å². The molecule has 2 nitrogen and oxygen atoms in total. The van der Waals surface area contributed by atoms with Crippen LogP contribution in [-0.2, 0) is 4.79 Å². The first-order valence-electron chi connectivity index (χ1n) is 5.01. The van der Waals surface area contributed by atoms with Crippen molar-refractivity contribution in [1.29, 1.82) is 0 Å². The molecular formula is C13H15NOS. The van der Waals surface area contributed by atoms with Gasteiger partial charge in [-0.2, -0.15) is 0 Å². The largest absolute Gasteiger partial charge is 0.321 e. The van der Waals surface area contributed by atoms with E-state index in [2.05, 4.69) is 5.32 Å². The predicted molar refractivity (Wildman–Crippen MR) is 70.8 cm³/mol. The number of benzene rings is 1. The first kappa shape index (κ1) is 12.6. The summed E-state index contributed by atoms with van der Waals surface area (Å²) in [6.45, 7) is 1.91. The molecule has 0 radical (unpaired) electrons. The van der Waals surface area contributed by atoms with Crippen molar-refractivity contribution in [2.24, 2.45) is 0 Å². The van der Waals surface area contributed by atoms with Crippen molar-refractivity contribution in [3.63, 3.8) is 0 Å². The van der Waals surface area contributed by atoms with Gasteiger partial charge in [0.1, 0.15) is 0 Å². The molecule has 0 fully saturated rings. The van der Waals surface area contributed by atoms with Gasteiger partial charge in [-0.15, -0.1) is 11.8 Å². The number of hydrogen-bond acceptors (Lipinski definition) is 2. The van der Waals surface area contributed by atoms with Crippen molar-refractivity contribution in [3.05, 3.63) is 48.6 Å². The van der Waals surface area contributed by atoms with Crippen LogP contribution in [-0.4, -0.2) is 12.2 Å². The number of nitrogens with one attached hydrogen (secondary N) is 1. The quantitative estimate of drug-likeness (QED) is 0.490. The van der Waals surface area contributed by atoms with E-state index in [4.69, 9.17) is 0 Å². The third-order valence-corrected chi connectivity index (χ3v) is 2.71. The van der Waals surface area contributed by atoms with Gasteiger partial charge in [-0.3, -0.25) is 4.79 Å². The van der Waals surface area contributed by atoms with Crippen molar-refractivity contribution in [1.82, 2.24) is 0 Å². The van der Waals surface area contributed by atoms with Gasteiger partial charge in [0.05, 0.1) is 5.69 Å². The van der Waals surface area contributed by atoms with Crippen molar-refractivity contribution >= 4 is 23.4 Å². The molecule has 1 rings (SSSR count). The molecule has 0 saturated heterocycles. The zero-order valence-corrected chi connectivity index (χ0v) is 10.3. The second kappa shape index (κ2) is 6.90. The summed E-state index contributed by atoms with van der Waals surface area (Å²) in [5.74, 6) is -0.111. The van der Waals surface area contributed by atoms with Gasteiger partial charge < -0.3 is 5.32 Å². The molecule has 16 heavy (non-hydrogen) atoms. The van der Waals surface area contributed by atoms with Gasteiger partial charge in [-0.25, -0.2) is 0 Å². The van der Waals surface area contributed by atoms with E-state index in [-0.39, 0.29) is 5.91 Å². The summed E-state index contributed by atoms with van der Waals surface area (Å²) in [4.78, 5) is 12.6. The lowest BCUT2D eigenvalue weighted by Crippen LogP contribution is -2.08. The lowest BCUT2D eigenvalue weighted by molar-refractivity contribution is -0.111. The Labute approximate surface area is 100 Å². The standard InChI is InChI=1S/C13H15NOS/c1-3-4-5-10-13(15)14-11-8-6-7-9-12(11)16-2/h3-10H,1-2H3,(H,14,15)/b4-3+,10-5+. The number of allylic oxidation sites excluding steroid dienone is 3. The van der Waals surface area contributed by atoms with Crippen molar-refractivity contribution < 1.29 is 4.79 Å². The highest BCUT2D eigenvalue weighted by atomic mass is 32.2. The summed E-state index contributed by atoms with van der Waals surface area (Å²) in [6, 6.07) is 7.74. The average Bonchev–Trinajstić information content (AvgIpc) is 2.30. The molecule has 0 spiro atoms. The maximum atomic E-state index is 11.5. The van der Waals surface area contributed by atoms with Crippen LogP contribution in [0.25, 0.3) is 0 Å². The summed E-state index contributed by atoms with van der Waals surface area (Å²) in [7, 11) is 0. The molecule has 1 aromatic rings. The Hall–Kier alpha value is -1.48. The third kappa shape index (κ3) is 3.95. The second-order valence-corrected chi connectivity index (χ2v) is 3.92. The number of thioether (sulfide) groups is 1. The highest BCUT2D eigenvalue weighted by molar-refractivity contribution is 7.98. The summed E-state index contributed by atoms with van der Waals surface area (Å²) < 4.78 is 0. The van der Waals surface area contributed by atoms with Gasteiger partial charge in [0, 0.05) is 11.0 Å². The predicted octanol–water partition coefficient (Wildman–Crippen LogP) is 3.48. The van der Waals surface area contributed by atoms with E-state index in [1.807, 2.05) is 49.6 Å². The molecule has 1 N–H and O–H groups in total. The number of amides is 1. The van der Waals surface area contributed by atoms with Gasteiger partial charge in [0.25, 0.3) is 0 Å². The van der Waals surface area contributed by atoms with Gasteiger partial charge in [-0.05, 0) is 25.3 Å².